The first-order valence-electron chi connectivity index (χ1n) is 8.53. The molecule has 1 unspecified atom stereocenters. The molecule has 3 rings (SSSR count). The Morgan fingerprint density at radius 2 is 2.08 bits per heavy atom. The molecule has 2 heterocycles. The molecule has 0 bridgehead atoms. The number of nitrogens with one attached hydrogen (secondary N) is 1. The van der Waals surface area contributed by atoms with Crippen LogP contribution in [0.25, 0.3) is 0 Å². The third kappa shape index (κ3) is 4.48. The van der Waals surface area contributed by atoms with E-state index in [2.05, 4.69) is 22.5 Å². The van der Waals surface area contributed by atoms with Gasteiger partial charge in [0.15, 0.2) is 9.84 Å². The zero-order chi connectivity index (χ0) is 17.9. The minimum Gasteiger partial charge on any atom is -0.351 e. The van der Waals surface area contributed by atoms with Crippen LogP contribution in [0.5, 0.6) is 0 Å². The fourth-order valence-electron chi connectivity index (χ4n) is 3.17. The fourth-order valence-corrected chi connectivity index (χ4v) is 4.86. The van der Waals surface area contributed by atoms with E-state index in [1.54, 1.807) is 10.7 Å². The number of carbonyl (C=O) groups excluding carboxylic acids is 1. The summed E-state index contributed by atoms with van der Waals surface area (Å²) in [5.74, 6) is 0.0850. The largest absolute Gasteiger partial charge is 0.351 e. The number of amides is 1. The molecule has 1 aromatic heterocycles. The van der Waals surface area contributed by atoms with E-state index in [1.165, 1.54) is 5.56 Å². The molecular weight excluding hydrogens is 338 g/mol. The molecule has 7 heteroatoms. The van der Waals surface area contributed by atoms with Gasteiger partial charge < -0.3 is 5.32 Å². The molecule has 6 nitrogen and oxygen atoms in total. The zero-order valence-electron chi connectivity index (χ0n) is 14.3. The van der Waals surface area contributed by atoms with Crippen LogP contribution < -0.4 is 5.32 Å². The van der Waals surface area contributed by atoms with Crippen molar-refractivity contribution in [1.82, 2.24) is 15.1 Å². The average molecular weight is 361 g/mol. The molecule has 1 fully saturated rings. The molecule has 1 amide bonds. The van der Waals surface area contributed by atoms with Gasteiger partial charge in [-0.2, -0.15) is 5.10 Å². The Hall–Kier alpha value is -2.15. The zero-order valence-corrected chi connectivity index (χ0v) is 15.1. The van der Waals surface area contributed by atoms with Gasteiger partial charge in [0.1, 0.15) is 5.69 Å². The molecule has 1 saturated heterocycles. The minimum absolute atomic E-state index is 0.105. The first kappa shape index (κ1) is 17.7. The molecule has 0 saturated carbocycles. The van der Waals surface area contributed by atoms with E-state index in [9.17, 15) is 13.2 Å². The van der Waals surface area contributed by atoms with Gasteiger partial charge in [0.25, 0.3) is 5.91 Å². The number of hydrogen-bond donors (Lipinski definition) is 1. The van der Waals surface area contributed by atoms with Crippen molar-refractivity contribution >= 4 is 15.7 Å². The van der Waals surface area contributed by atoms with Crippen molar-refractivity contribution in [2.45, 2.75) is 32.2 Å². The van der Waals surface area contributed by atoms with Crippen LogP contribution >= 0.6 is 0 Å². The van der Waals surface area contributed by atoms with Crippen molar-refractivity contribution in [3.8, 4) is 0 Å². The van der Waals surface area contributed by atoms with E-state index in [0.29, 0.717) is 18.7 Å². The predicted octanol–water partition coefficient (Wildman–Crippen LogP) is 1.91. The highest BCUT2D eigenvalue weighted by Crippen LogP contribution is 2.24. The highest BCUT2D eigenvalue weighted by atomic mass is 32.2. The van der Waals surface area contributed by atoms with Gasteiger partial charge >= 0.3 is 0 Å². The Kier molecular flexibility index (Phi) is 5.22. The smallest absolute Gasteiger partial charge is 0.271 e. The van der Waals surface area contributed by atoms with Gasteiger partial charge in [-0.3, -0.25) is 9.48 Å². The monoisotopic (exact) mass is 361 g/mol. The first-order valence-corrected chi connectivity index (χ1v) is 10.4. The van der Waals surface area contributed by atoms with Crippen LogP contribution in [-0.2, 0) is 16.3 Å². The second-order valence-corrected chi connectivity index (χ2v) is 8.75. The SMILES string of the molecule is Cc1cc(C(=O)NCCCc2ccccc2)nn1C1CCS(=O)(=O)C1. The maximum absolute atomic E-state index is 12.3. The summed E-state index contributed by atoms with van der Waals surface area (Å²) in [6.45, 7) is 2.43. The standard InChI is InChI=1S/C18H23N3O3S/c1-14-12-17(20-21(14)16-9-11-25(23,24)13-16)18(22)19-10-5-8-15-6-3-2-4-7-15/h2-4,6-7,12,16H,5,8-11,13H2,1H3,(H,19,22). The molecule has 2 aromatic rings. The molecule has 1 aromatic carbocycles. The van der Waals surface area contributed by atoms with Gasteiger partial charge in [0.05, 0.1) is 17.5 Å². The second kappa shape index (κ2) is 7.39. The summed E-state index contributed by atoms with van der Waals surface area (Å²) in [5, 5.41) is 7.22. The second-order valence-electron chi connectivity index (χ2n) is 6.52. The van der Waals surface area contributed by atoms with E-state index < -0.39 is 9.84 Å². The number of sulfone groups is 1. The Morgan fingerprint density at radius 3 is 2.76 bits per heavy atom. The number of carbonyl (C=O) groups is 1. The predicted molar refractivity (Wildman–Crippen MR) is 96.4 cm³/mol. The van der Waals surface area contributed by atoms with Gasteiger partial charge in [-0.1, -0.05) is 30.3 Å². The van der Waals surface area contributed by atoms with Crippen molar-refractivity contribution in [3.05, 3.63) is 53.3 Å². The molecule has 1 aliphatic heterocycles. The Morgan fingerprint density at radius 1 is 1.32 bits per heavy atom. The van der Waals surface area contributed by atoms with Crippen LogP contribution in [0, 0.1) is 6.92 Å². The summed E-state index contributed by atoms with van der Waals surface area (Å²) >= 11 is 0. The molecular formula is C18H23N3O3S. The van der Waals surface area contributed by atoms with Gasteiger partial charge in [-0.05, 0) is 37.8 Å². The van der Waals surface area contributed by atoms with Gasteiger partial charge in [-0.15, -0.1) is 0 Å². The number of nitrogens with zero attached hydrogens (tertiary/aromatic N) is 2. The summed E-state index contributed by atoms with van der Waals surface area (Å²) in [4.78, 5) is 12.3. The molecule has 0 radical (unpaired) electrons. The van der Waals surface area contributed by atoms with Crippen molar-refractivity contribution in [2.75, 3.05) is 18.1 Å². The third-order valence-electron chi connectivity index (χ3n) is 4.48. The Balaban J connectivity index is 1.53. The molecule has 0 spiro atoms. The van der Waals surface area contributed by atoms with Crippen LogP contribution in [0.15, 0.2) is 36.4 Å². The van der Waals surface area contributed by atoms with Crippen LogP contribution in [0.1, 0.15) is 40.6 Å². The van der Waals surface area contributed by atoms with E-state index in [4.69, 9.17) is 0 Å². The summed E-state index contributed by atoms with van der Waals surface area (Å²) < 4.78 is 25.0. The number of rotatable bonds is 6. The highest BCUT2D eigenvalue weighted by molar-refractivity contribution is 7.91. The molecule has 1 aliphatic rings. The van der Waals surface area contributed by atoms with Crippen LogP contribution in [0.3, 0.4) is 0 Å². The Bertz CT molecular complexity index is 844. The summed E-state index contributed by atoms with van der Waals surface area (Å²) in [6.07, 6.45) is 2.33. The van der Waals surface area contributed by atoms with E-state index >= 15 is 0 Å². The Labute approximate surface area is 148 Å². The molecule has 1 N–H and O–H groups in total. The van der Waals surface area contributed by atoms with Crippen molar-refractivity contribution < 1.29 is 13.2 Å². The van der Waals surface area contributed by atoms with E-state index in [1.807, 2.05) is 25.1 Å². The molecule has 134 valence electrons. The number of aryl methyl sites for hydroxylation is 2. The quantitative estimate of drug-likeness (QED) is 0.797. The van der Waals surface area contributed by atoms with Gasteiger partial charge in [-0.25, -0.2) is 8.42 Å². The normalized spacial score (nSPS) is 19.0. The van der Waals surface area contributed by atoms with Crippen LogP contribution in [0.4, 0.5) is 0 Å². The lowest BCUT2D eigenvalue weighted by atomic mass is 10.1. The third-order valence-corrected chi connectivity index (χ3v) is 6.23. The van der Waals surface area contributed by atoms with Gasteiger partial charge in [0.2, 0.25) is 0 Å². The topological polar surface area (TPSA) is 81.1 Å². The maximum atomic E-state index is 12.3. The van der Waals surface area contributed by atoms with Crippen molar-refractivity contribution in [3.63, 3.8) is 0 Å². The molecule has 1 atom stereocenters. The number of benzene rings is 1. The number of hydrogen-bond acceptors (Lipinski definition) is 4. The highest BCUT2D eigenvalue weighted by Gasteiger charge is 2.31. The van der Waals surface area contributed by atoms with Crippen molar-refractivity contribution in [1.29, 1.82) is 0 Å². The first-order chi connectivity index (χ1) is 11.9. The lowest BCUT2D eigenvalue weighted by Gasteiger charge is -2.10. The summed E-state index contributed by atoms with van der Waals surface area (Å²) in [6, 6.07) is 11.7. The summed E-state index contributed by atoms with van der Waals surface area (Å²) in [7, 11) is -2.98. The number of aromatic nitrogens is 2. The minimum atomic E-state index is -2.98. The van der Waals surface area contributed by atoms with Crippen molar-refractivity contribution in [2.24, 2.45) is 0 Å². The molecule has 0 aliphatic carbocycles. The van der Waals surface area contributed by atoms with E-state index in [0.717, 1.165) is 18.5 Å². The maximum Gasteiger partial charge on any atom is 0.271 e. The summed E-state index contributed by atoms with van der Waals surface area (Å²) in [5.41, 5.74) is 2.41. The van der Waals surface area contributed by atoms with Crippen LogP contribution in [-0.4, -0.2) is 42.2 Å². The molecule has 25 heavy (non-hydrogen) atoms. The lowest BCUT2D eigenvalue weighted by molar-refractivity contribution is 0.0947. The average Bonchev–Trinajstić information content (AvgIpc) is 3.14. The van der Waals surface area contributed by atoms with E-state index in [-0.39, 0.29) is 23.5 Å². The lowest BCUT2D eigenvalue weighted by Crippen LogP contribution is -2.25. The fraction of sp³-hybridized carbons (Fsp3) is 0.444. The van der Waals surface area contributed by atoms with Crippen LogP contribution in [0.2, 0.25) is 0 Å². The van der Waals surface area contributed by atoms with Gasteiger partial charge in [0, 0.05) is 12.2 Å².